The van der Waals surface area contributed by atoms with Crippen LogP contribution in [0.25, 0.3) is 0 Å². The first-order valence-electron chi connectivity index (χ1n) is 6.87. The molecule has 1 saturated carbocycles. The Morgan fingerprint density at radius 3 is 2.31 bits per heavy atom. The molecule has 0 bridgehead atoms. The van der Waals surface area contributed by atoms with Gasteiger partial charge in [0.15, 0.2) is 0 Å². The molecule has 0 aromatic heterocycles. The molecule has 1 aliphatic carbocycles. The van der Waals surface area contributed by atoms with Crippen molar-refractivity contribution in [2.45, 2.75) is 53.0 Å². The predicted octanol–water partition coefficient (Wildman–Crippen LogP) is 2.74. The summed E-state index contributed by atoms with van der Waals surface area (Å²) in [6.07, 6.45) is 4.19. The van der Waals surface area contributed by atoms with Gasteiger partial charge in [0.2, 0.25) is 0 Å². The van der Waals surface area contributed by atoms with E-state index in [1.807, 2.05) is 0 Å². The normalized spacial score (nSPS) is 19.1. The first-order chi connectivity index (χ1) is 7.47. The fourth-order valence-corrected chi connectivity index (χ4v) is 2.30. The Labute approximate surface area is 102 Å². The minimum Gasteiger partial charge on any atom is -0.315 e. The number of rotatable bonds is 7. The van der Waals surface area contributed by atoms with E-state index in [2.05, 4.69) is 45.0 Å². The van der Waals surface area contributed by atoms with Crippen molar-refractivity contribution < 1.29 is 0 Å². The summed E-state index contributed by atoms with van der Waals surface area (Å²) in [7, 11) is 2.09. The van der Waals surface area contributed by atoms with Crippen molar-refractivity contribution in [2.24, 2.45) is 11.3 Å². The van der Waals surface area contributed by atoms with Crippen LogP contribution in [0.15, 0.2) is 0 Å². The number of hydrogen-bond acceptors (Lipinski definition) is 2. The van der Waals surface area contributed by atoms with Crippen molar-refractivity contribution in [1.82, 2.24) is 10.2 Å². The minimum atomic E-state index is 0.351. The summed E-state index contributed by atoms with van der Waals surface area (Å²) < 4.78 is 0. The smallest absolute Gasteiger partial charge is 0.0240 e. The highest BCUT2D eigenvalue weighted by atomic mass is 15.2. The second kappa shape index (κ2) is 6.02. The van der Waals surface area contributed by atoms with Gasteiger partial charge in [-0.3, -0.25) is 0 Å². The fourth-order valence-electron chi connectivity index (χ4n) is 2.30. The van der Waals surface area contributed by atoms with Gasteiger partial charge in [0.1, 0.15) is 0 Å². The van der Waals surface area contributed by atoms with Gasteiger partial charge in [-0.15, -0.1) is 0 Å². The van der Waals surface area contributed by atoms with Crippen molar-refractivity contribution in [3.63, 3.8) is 0 Å². The summed E-state index contributed by atoms with van der Waals surface area (Å²) in [4.78, 5) is 2.66. The summed E-state index contributed by atoms with van der Waals surface area (Å²) in [5.74, 6) is 1.00. The number of hydrogen-bond donors (Lipinski definition) is 1. The van der Waals surface area contributed by atoms with E-state index in [9.17, 15) is 0 Å². The molecular formula is C14H30N2. The molecule has 1 aliphatic rings. The molecule has 2 nitrogen and oxygen atoms in total. The highest BCUT2D eigenvalue weighted by Gasteiger charge is 2.28. The second-order valence-electron chi connectivity index (χ2n) is 6.41. The zero-order chi connectivity index (χ0) is 12.2. The molecule has 1 rings (SSSR count). The summed E-state index contributed by atoms with van der Waals surface area (Å²) in [5, 5.41) is 3.48. The number of nitrogens with zero attached hydrogens (tertiary/aromatic N) is 1. The van der Waals surface area contributed by atoms with Crippen LogP contribution < -0.4 is 5.32 Å². The van der Waals surface area contributed by atoms with Gasteiger partial charge in [0.05, 0.1) is 0 Å². The van der Waals surface area contributed by atoms with Gasteiger partial charge in [-0.1, -0.05) is 27.7 Å². The summed E-state index contributed by atoms with van der Waals surface area (Å²) >= 11 is 0. The van der Waals surface area contributed by atoms with Crippen LogP contribution in [0.2, 0.25) is 0 Å². The van der Waals surface area contributed by atoms with Gasteiger partial charge in [0.25, 0.3) is 0 Å². The molecule has 16 heavy (non-hydrogen) atoms. The molecule has 0 radical (unpaired) electrons. The Morgan fingerprint density at radius 1 is 1.31 bits per heavy atom. The molecule has 96 valence electrons. The molecule has 0 aliphatic heterocycles. The van der Waals surface area contributed by atoms with Crippen molar-refractivity contribution in [3.05, 3.63) is 0 Å². The molecule has 1 N–H and O–H groups in total. The predicted molar refractivity (Wildman–Crippen MR) is 71.8 cm³/mol. The highest BCUT2D eigenvalue weighted by Crippen LogP contribution is 2.30. The molecule has 1 unspecified atom stereocenters. The molecule has 0 aromatic carbocycles. The average Bonchev–Trinajstić information content (AvgIpc) is 2.96. The van der Waals surface area contributed by atoms with Crippen molar-refractivity contribution in [1.29, 1.82) is 0 Å². The van der Waals surface area contributed by atoms with Crippen molar-refractivity contribution in [2.75, 3.05) is 26.7 Å². The number of likely N-dealkylation sites (N-methyl/N-ethyl adjacent to an activating group) is 1. The van der Waals surface area contributed by atoms with Crippen molar-refractivity contribution in [3.8, 4) is 0 Å². The van der Waals surface area contributed by atoms with Gasteiger partial charge >= 0.3 is 0 Å². The van der Waals surface area contributed by atoms with Crippen LogP contribution in [-0.2, 0) is 0 Å². The standard InChI is InChI=1S/C14H30N2/c1-6-9-16(10-12-7-8-12)11-13(15-5)14(2,3)4/h12-13,15H,6-11H2,1-5H3. The van der Waals surface area contributed by atoms with Crippen LogP contribution in [0.3, 0.4) is 0 Å². The molecule has 1 atom stereocenters. The fraction of sp³-hybridized carbons (Fsp3) is 1.00. The zero-order valence-corrected chi connectivity index (χ0v) is 11.8. The Kier molecular flexibility index (Phi) is 5.26. The van der Waals surface area contributed by atoms with E-state index >= 15 is 0 Å². The molecule has 0 saturated heterocycles. The molecule has 0 amide bonds. The lowest BCUT2D eigenvalue weighted by Crippen LogP contribution is -2.47. The summed E-state index contributed by atoms with van der Waals surface area (Å²) in [5.41, 5.74) is 0.351. The molecule has 0 heterocycles. The SMILES string of the molecule is CCCN(CC1CC1)CC(NC)C(C)(C)C. The van der Waals surface area contributed by atoms with E-state index in [1.54, 1.807) is 0 Å². The summed E-state index contributed by atoms with van der Waals surface area (Å²) in [6.45, 7) is 13.0. The first-order valence-corrected chi connectivity index (χ1v) is 6.87. The molecule has 0 spiro atoms. The van der Waals surface area contributed by atoms with Crippen LogP contribution in [0.4, 0.5) is 0 Å². The van der Waals surface area contributed by atoms with Gasteiger partial charge in [-0.05, 0) is 44.2 Å². The van der Waals surface area contributed by atoms with Crippen LogP contribution in [-0.4, -0.2) is 37.6 Å². The van der Waals surface area contributed by atoms with E-state index in [-0.39, 0.29) is 0 Å². The minimum absolute atomic E-state index is 0.351. The third-order valence-electron chi connectivity index (χ3n) is 3.59. The maximum absolute atomic E-state index is 3.48. The Morgan fingerprint density at radius 2 is 1.94 bits per heavy atom. The van der Waals surface area contributed by atoms with E-state index in [4.69, 9.17) is 0 Å². The van der Waals surface area contributed by atoms with Crippen LogP contribution in [0, 0.1) is 11.3 Å². The highest BCUT2D eigenvalue weighted by molar-refractivity contribution is 4.85. The van der Waals surface area contributed by atoms with E-state index < -0.39 is 0 Å². The van der Waals surface area contributed by atoms with Crippen LogP contribution in [0.5, 0.6) is 0 Å². The van der Waals surface area contributed by atoms with Gasteiger partial charge in [-0.2, -0.15) is 0 Å². The van der Waals surface area contributed by atoms with Gasteiger partial charge in [0, 0.05) is 19.1 Å². The molecule has 0 aromatic rings. The van der Waals surface area contributed by atoms with E-state index in [0.29, 0.717) is 11.5 Å². The first kappa shape index (κ1) is 14.0. The Balaban J connectivity index is 2.43. The average molecular weight is 226 g/mol. The van der Waals surface area contributed by atoms with Gasteiger partial charge < -0.3 is 10.2 Å². The Hall–Kier alpha value is -0.0800. The maximum atomic E-state index is 3.48. The lowest BCUT2D eigenvalue weighted by Gasteiger charge is -2.35. The van der Waals surface area contributed by atoms with Crippen LogP contribution in [0.1, 0.15) is 47.0 Å². The third kappa shape index (κ3) is 4.84. The Bertz CT molecular complexity index is 191. The number of nitrogens with one attached hydrogen (secondary N) is 1. The van der Waals surface area contributed by atoms with Crippen molar-refractivity contribution >= 4 is 0 Å². The maximum Gasteiger partial charge on any atom is 0.0240 e. The van der Waals surface area contributed by atoms with Crippen LogP contribution >= 0.6 is 0 Å². The summed E-state index contributed by atoms with van der Waals surface area (Å²) in [6, 6.07) is 0.595. The van der Waals surface area contributed by atoms with E-state index in [0.717, 1.165) is 5.92 Å². The largest absolute Gasteiger partial charge is 0.315 e. The lowest BCUT2D eigenvalue weighted by atomic mass is 9.86. The lowest BCUT2D eigenvalue weighted by molar-refractivity contribution is 0.174. The second-order valence-corrected chi connectivity index (χ2v) is 6.41. The quantitative estimate of drug-likeness (QED) is 0.718. The van der Waals surface area contributed by atoms with Gasteiger partial charge in [-0.25, -0.2) is 0 Å². The topological polar surface area (TPSA) is 15.3 Å². The third-order valence-corrected chi connectivity index (χ3v) is 3.59. The molecule has 2 heteroatoms. The monoisotopic (exact) mass is 226 g/mol. The molecular weight excluding hydrogens is 196 g/mol. The zero-order valence-electron chi connectivity index (χ0n) is 11.8. The molecule has 1 fully saturated rings. The van der Waals surface area contributed by atoms with E-state index in [1.165, 1.54) is 38.9 Å².